The van der Waals surface area contributed by atoms with Gasteiger partial charge in [0.15, 0.2) is 0 Å². The molecule has 0 spiro atoms. The van der Waals surface area contributed by atoms with E-state index in [1.807, 2.05) is 0 Å². The summed E-state index contributed by atoms with van der Waals surface area (Å²) < 4.78 is 10.2. The summed E-state index contributed by atoms with van der Waals surface area (Å²) in [7, 11) is 3.07. The third kappa shape index (κ3) is 4.02. The van der Waals surface area contributed by atoms with E-state index in [0.29, 0.717) is 17.1 Å². The van der Waals surface area contributed by atoms with Crippen molar-refractivity contribution in [3.8, 4) is 11.5 Å². The van der Waals surface area contributed by atoms with Crippen molar-refractivity contribution in [2.45, 2.75) is 0 Å². The molecule has 1 aromatic carbocycles. The monoisotopic (exact) mass is 239 g/mol. The van der Waals surface area contributed by atoms with Crippen molar-refractivity contribution in [3.05, 3.63) is 23.8 Å². The van der Waals surface area contributed by atoms with E-state index < -0.39 is 12.6 Å². The number of hydrogen-bond acceptors (Lipinski definition) is 5. The fourth-order valence-corrected chi connectivity index (χ4v) is 1.11. The maximum Gasteiger partial charge on any atom is 0.344 e. The highest BCUT2D eigenvalue weighted by Crippen LogP contribution is 2.22. The molecule has 92 valence electrons. The maximum absolute atomic E-state index is 10.2. The van der Waals surface area contributed by atoms with E-state index in [0.717, 1.165) is 0 Å². The first kappa shape index (κ1) is 12.8. The first-order valence-electron chi connectivity index (χ1n) is 4.76. The Bertz CT molecular complexity index is 416. The zero-order valence-electron chi connectivity index (χ0n) is 9.54. The first-order chi connectivity index (χ1) is 8.17. The lowest BCUT2D eigenvalue weighted by Gasteiger charge is -2.06. The van der Waals surface area contributed by atoms with Crippen LogP contribution < -0.4 is 9.47 Å². The van der Waals surface area contributed by atoms with Crippen LogP contribution in [-0.4, -0.2) is 38.1 Å². The highest BCUT2D eigenvalue weighted by atomic mass is 16.6. The van der Waals surface area contributed by atoms with E-state index in [1.54, 1.807) is 25.3 Å². The van der Waals surface area contributed by atoms with Gasteiger partial charge in [-0.05, 0) is 12.1 Å². The topological polar surface area (TPSA) is 77.4 Å². The van der Waals surface area contributed by atoms with Gasteiger partial charge in [0.25, 0.3) is 0 Å². The normalized spacial score (nSPS) is 10.2. The number of methoxy groups -OCH3 is 2. The van der Waals surface area contributed by atoms with Crippen molar-refractivity contribution >= 4 is 12.2 Å². The molecule has 17 heavy (non-hydrogen) atoms. The van der Waals surface area contributed by atoms with Gasteiger partial charge in [-0.2, -0.15) is 0 Å². The van der Waals surface area contributed by atoms with Crippen molar-refractivity contribution in [2.75, 3.05) is 20.8 Å². The summed E-state index contributed by atoms with van der Waals surface area (Å²) >= 11 is 0. The fourth-order valence-electron chi connectivity index (χ4n) is 1.11. The Labute approximate surface area is 98.4 Å². The Kier molecular flexibility index (Phi) is 4.80. The smallest absolute Gasteiger partial charge is 0.344 e. The van der Waals surface area contributed by atoms with Gasteiger partial charge in [-0.3, -0.25) is 0 Å². The van der Waals surface area contributed by atoms with E-state index in [2.05, 4.69) is 9.99 Å². The summed E-state index contributed by atoms with van der Waals surface area (Å²) in [5.41, 5.74) is 0.665. The molecule has 0 heterocycles. The van der Waals surface area contributed by atoms with Crippen LogP contribution in [0.4, 0.5) is 0 Å². The number of ether oxygens (including phenoxy) is 2. The average molecular weight is 239 g/mol. The van der Waals surface area contributed by atoms with Crippen LogP contribution in [0.3, 0.4) is 0 Å². The lowest BCUT2D eigenvalue weighted by molar-refractivity contribution is -0.142. The molecule has 0 aromatic heterocycles. The van der Waals surface area contributed by atoms with Crippen molar-refractivity contribution in [3.63, 3.8) is 0 Å². The Morgan fingerprint density at radius 2 is 2.18 bits per heavy atom. The lowest BCUT2D eigenvalue weighted by atomic mass is 10.2. The van der Waals surface area contributed by atoms with Crippen LogP contribution in [-0.2, 0) is 9.63 Å². The lowest BCUT2D eigenvalue weighted by Crippen LogP contribution is -2.03. The quantitative estimate of drug-likeness (QED) is 0.595. The number of rotatable bonds is 6. The predicted molar refractivity (Wildman–Crippen MR) is 60.7 cm³/mol. The van der Waals surface area contributed by atoms with E-state index in [1.165, 1.54) is 13.3 Å². The molecule has 0 amide bonds. The van der Waals surface area contributed by atoms with E-state index >= 15 is 0 Å². The molecule has 0 saturated heterocycles. The van der Waals surface area contributed by atoms with Gasteiger partial charge < -0.3 is 19.4 Å². The van der Waals surface area contributed by atoms with E-state index in [9.17, 15) is 4.79 Å². The van der Waals surface area contributed by atoms with Crippen LogP contribution in [0.5, 0.6) is 11.5 Å². The number of carboxylic acid groups (broad SMARTS) is 1. The van der Waals surface area contributed by atoms with Crippen molar-refractivity contribution in [1.82, 2.24) is 0 Å². The molecule has 0 aliphatic rings. The molecule has 0 atom stereocenters. The first-order valence-corrected chi connectivity index (χ1v) is 4.76. The molecular weight excluding hydrogens is 226 g/mol. The highest BCUT2D eigenvalue weighted by molar-refractivity contribution is 5.83. The molecule has 1 aromatic rings. The fraction of sp³-hybridized carbons (Fsp3) is 0.273. The summed E-state index contributed by atoms with van der Waals surface area (Å²) in [5, 5.41) is 11.9. The molecule has 0 bridgehead atoms. The summed E-state index contributed by atoms with van der Waals surface area (Å²) in [5.74, 6) is 0.140. The van der Waals surface area contributed by atoms with Gasteiger partial charge in [0.2, 0.25) is 6.61 Å². The van der Waals surface area contributed by atoms with E-state index in [-0.39, 0.29) is 0 Å². The molecule has 0 aliphatic carbocycles. The average Bonchev–Trinajstić information content (AvgIpc) is 2.34. The molecule has 0 fully saturated rings. The van der Waals surface area contributed by atoms with Gasteiger partial charge in [0.1, 0.15) is 11.5 Å². The predicted octanol–water partition coefficient (Wildman–Crippen LogP) is 1.14. The van der Waals surface area contributed by atoms with Crippen LogP contribution in [0, 0.1) is 0 Å². The van der Waals surface area contributed by atoms with Gasteiger partial charge in [0.05, 0.1) is 20.4 Å². The minimum atomic E-state index is -1.08. The summed E-state index contributed by atoms with van der Waals surface area (Å²) in [6.45, 7) is -0.477. The standard InChI is InChI=1S/C11H13NO5/c1-15-9-4-3-8(10(5-9)16-2)6-12-17-7-11(13)14/h3-6H,7H2,1-2H3,(H,13,14)/b12-6+. The molecule has 0 saturated carbocycles. The number of aliphatic carboxylic acids is 1. The van der Waals surface area contributed by atoms with Crippen LogP contribution in [0.15, 0.2) is 23.4 Å². The van der Waals surface area contributed by atoms with Gasteiger partial charge in [0, 0.05) is 11.6 Å². The summed E-state index contributed by atoms with van der Waals surface area (Å²) in [4.78, 5) is 14.7. The third-order valence-corrected chi connectivity index (χ3v) is 1.89. The molecule has 6 heteroatoms. The Morgan fingerprint density at radius 3 is 2.76 bits per heavy atom. The SMILES string of the molecule is COc1ccc(/C=N/OCC(=O)O)c(OC)c1. The Hall–Kier alpha value is -2.24. The Balaban J connectivity index is 2.73. The number of benzene rings is 1. The van der Waals surface area contributed by atoms with Gasteiger partial charge in [-0.1, -0.05) is 5.16 Å². The molecule has 0 aliphatic heterocycles. The minimum absolute atomic E-state index is 0.477. The largest absolute Gasteiger partial charge is 0.497 e. The highest BCUT2D eigenvalue weighted by Gasteiger charge is 2.02. The van der Waals surface area contributed by atoms with Crippen LogP contribution in [0.25, 0.3) is 0 Å². The molecule has 1 rings (SSSR count). The van der Waals surface area contributed by atoms with Crippen molar-refractivity contribution in [1.29, 1.82) is 0 Å². The second-order valence-corrected chi connectivity index (χ2v) is 3.01. The molecule has 1 N–H and O–H groups in total. The second kappa shape index (κ2) is 6.37. The summed E-state index contributed by atoms with van der Waals surface area (Å²) in [6.07, 6.45) is 1.38. The zero-order valence-corrected chi connectivity index (χ0v) is 9.54. The van der Waals surface area contributed by atoms with Crippen LogP contribution >= 0.6 is 0 Å². The zero-order chi connectivity index (χ0) is 12.7. The van der Waals surface area contributed by atoms with E-state index in [4.69, 9.17) is 14.6 Å². The maximum atomic E-state index is 10.2. The molecule has 0 unspecified atom stereocenters. The molecule has 6 nitrogen and oxygen atoms in total. The number of carboxylic acids is 1. The number of carbonyl (C=O) groups is 1. The minimum Gasteiger partial charge on any atom is -0.497 e. The number of hydrogen-bond donors (Lipinski definition) is 1. The number of oxime groups is 1. The van der Waals surface area contributed by atoms with Crippen LogP contribution in [0.2, 0.25) is 0 Å². The third-order valence-electron chi connectivity index (χ3n) is 1.89. The van der Waals surface area contributed by atoms with Gasteiger partial charge in [-0.25, -0.2) is 4.79 Å². The Morgan fingerprint density at radius 1 is 1.41 bits per heavy atom. The summed E-state index contributed by atoms with van der Waals surface area (Å²) in [6, 6.07) is 5.16. The molecular formula is C11H13NO5. The second-order valence-electron chi connectivity index (χ2n) is 3.01. The van der Waals surface area contributed by atoms with Crippen molar-refractivity contribution in [2.24, 2.45) is 5.16 Å². The van der Waals surface area contributed by atoms with Gasteiger partial charge in [-0.15, -0.1) is 0 Å². The van der Waals surface area contributed by atoms with Gasteiger partial charge >= 0.3 is 5.97 Å². The molecule has 0 radical (unpaired) electrons. The van der Waals surface area contributed by atoms with Crippen LogP contribution in [0.1, 0.15) is 5.56 Å². The number of nitrogens with zero attached hydrogens (tertiary/aromatic N) is 1. The van der Waals surface area contributed by atoms with Crippen molar-refractivity contribution < 1.29 is 24.2 Å².